The van der Waals surface area contributed by atoms with Crippen LogP contribution in [0.3, 0.4) is 0 Å². The number of carbonyl (C=O) groups excluding carboxylic acids is 1. The second-order valence-electron chi connectivity index (χ2n) is 10.3. The Labute approximate surface area is 218 Å². The molecule has 1 saturated heterocycles. The first-order valence-electron chi connectivity index (χ1n) is 13.0. The van der Waals surface area contributed by atoms with Gasteiger partial charge in [-0.25, -0.2) is 8.78 Å². The molecule has 10 heteroatoms. The number of hydrogen-bond donors (Lipinski definition) is 2. The SMILES string of the molecule is O=C(NC[C@H]1CC[C@H](n2cc3ccc(-c4cnn(C5CCOC5)c4)cc3n2)CC1)c1cc(F)c(O)c(F)c1. The van der Waals surface area contributed by atoms with Crippen molar-refractivity contribution >= 4 is 16.8 Å². The zero-order valence-electron chi connectivity index (χ0n) is 20.8. The van der Waals surface area contributed by atoms with Crippen LogP contribution in [0.2, 0.25) is 0 Å². The number of hydrogen-bond acceptors (Lipinski definition) is 5. The van der Waals surface area contributed by atoms with E-state index in [0.717, 1.165) is 72.9 Å². The maximum atomic E-state index is 13.6. The molecule has 1 aliphatic carbocycles. The van der Waals surface area contributed by atoms with Crippen molar-refractivity contribution in [3.63, 3.8) is 0 Å². The van der Waals surface area contributed by atoms with Gasteiger partial charge >= 0.3 is 0 Å². The molecule has 1 unspecified atom stereocenters. The van der Waals surface area contributed by atoms with Crippen molar-refractivity contribution in [3.8, 4) is 16.9 Å². The van der Waals surface area contributed by atoms with Crippen molar-refractivity contribution in [1.82, 2.24) is 24.9 Å². The maximum absolute atomic E-state index is 13.6. The number of benzene rings is 2. The quantitative estimate of drug-likeness (QED) is 0.372. The molecule has 0 spiro atoms. The maximum Gasteiger partial charge on any atom is 0.251 e. The van der Waals surface area contributed by atoms with E-state index in [1.54, 1.807) is 0 Å². The Morgan fingerprint density at radius 2 is 1.79 bits per heavy atom. The Morgan fingerprint density at radius 3 is 2.53 bits per heavy atom. The third-order valence-electron chi connectivity index (χ3n) is 7.76. The molecule has 2 fully saturated rings. The Bertz CT molecular complexity index is 1450. The van der Waals surface area contributed by atoms with E-state index in [0.29, 0.717) is 19.2 Å². The number of aromatic nitrogens is 4. The third kappa shape index (κ3) is 4.88. The summed E-state index contributed by atoms with van der Waals surface area (Å²) in [6, 6.07) is 8.57. The highest BCUT2D eigenvalue weighted by Gasteiger charge is 2.24. The molecule has 2 N–H and O–H groups in total. The molecule has 8 nitrogen and oxygen atoms in total. The van der Waals surface area contributed by atoms with Gasteiger partial charge in [0.2, 0.25) is 0 Å². The Hall–Kier alpha value is -3.79. The molecule has 1 aliphatic heterocycles. The highest BCUT2D eigenvalue weighted by molar-refractivity contribution is 5.94. The lowest BCUT2D eigenvalue weighted by Gasteiger charge is -2.28. The molecule has 2 aromatic heterocycles. The molecule has 0 bridgehead atoms. The average Bonchev–Trinajstić information content (AvgIpc) is 3.70. The van der Waals surface area contributed by atoms with Crippen molar-refractivity contribution in [2.45, 2.75) is 44.2 Å². The number of fused-ring (bicyclic) bond motifs is 1. The third-order valence-corrected chi connectivity index (χ3v) is 7.76. The Kier molecular flexibility index (Phi) is 6.57. The summed E-state index contributed by atoms with van der Waals surface area (Å²) in [5.74, 6) is -3.65. The van der Waals surface area contributed by atoms with Crippen LogP contribution in [0.1, 0.15) is 54.5 Å². The van der Waals surface area contributed by atoms with Crippen LogP contribution in [0.5, 0.6) is 5.75 Å². The van der Waals surface area contributed by atoms with Gasteiger partial charge in [0.25, 0.3) is 5.91 Å². The molecule has 2 aromatic carbocycles. The van der Waals surface area contributed by atoms with Crippen LogP contribution in [0.25, 0.3) is 22.0 Å². The van der Waals surface area contributed by atoms with Crippen LogP contribution in [0.4, 0.5) is 8.78 Å². The van der Waals surface area contributed by atoms with Crippen LogP contribution in [0.15, 0.2) is 48.9 Å². The molecule has 1 atom stereocenters. The molecule has 3 heterocycles. The first-order valence-corrected chi connectivity index (χ1v) is 13.0. The second-order valence-corrected chi connectivity index (χ2v) is 10.3. The van der Waals surface area contributed by atoms with Crippen molar-refractivity contribution < 1.29 is 23.4 Å². The van der Waals surface area contributed by atoms with Gasteiger partial charge < -0.3 is 15.2 Å². The molecule has 4 aromatic rings. The summed E-state index contributed by atoms with van der Waals surface area (Å²) in [5, 5.41) is 22.5. The number of rotatable bonds is 6. The Morgan fingerprint density at radius 1 is 1.00 bits per heavy atom. The first kappa shape index (κ1) is 24.5. The summed E-state index contributed by atoms with van der Waals surface area (Å²) in [6.45, 7) is 1.92. The zero-order valence-corrected chi connectivity index (χ0v) is 20.8. The first-order chi connectivity index (χ1) is 18.4. The number of ether oxygens (including phenoxy) is 1. The van der Waals surface area contributed by atoms with Gasteiger partial charge in [0.1, 0.15) is 0 Å². The van der Waals surface area contributed by atoms with E-state index in [1.165, 1.54) is 0 Å². The number of phenolic OH excluding ortho intramolecular Hbond substituents is 1. The van der Waals surface area contributed by atoms with Crippen molar-refractivity contribution in [2.75, 3.05) is 19.8 Å². The number of carbonyl (C=O) groups is 1. The monoisotopic (exact) mass is 521 g/mol. The van der Waals surface area contributed by atoms with Gasteiger partial charge in [0.15, 0.2) is 17.4 Å². The van der Waals surface area contributed by atoms with Gasteiger partial charge in [0, 0.05) is 42.1 Å². The average molecular weight is 522 g/mol. The normalized spacial score (nSPS) is 21.7. The van der Waals surface area contributed by atoms with Crippen LogP contribution in [-0.2, 0) is 4.74 Å². The predicted molar refractivity (Wildman–Crippen MR) is 137 cm³/mol. The van der Waals surface area contributed by atoms with E-state index in [2.05, 4.69) is 45.7 Å². The molecule has 6 rings (SSSR count). The van der Waals surface area contributed by atoms with Gasteiger partial charge in [-0.3, -0.25) is 14.2 Å². The summed E-state index contributed by atoms with van der Waals surface area (Å²) < 4.78 is 36.6. The highest BCUT2D eigenvalue weighted by atomic mass is 19.1. The van der Waals surface area contributed by atoms with Crippen LogP contribution in [-0.4, -0.2) is 50.3 Å². The number of aromatic hydroxyl groups is 1. The molecular weight excluding hydrogens is 492 g/mol. The summed E-state index contributed by atoms with van der Waals surface area (Å²) >= 11 is 0. The van der Waals surface area contributed by atoms with Gasteiger partial charge in [-0.15, -0.1) is 0 Å². The fourth-order valence-corrected chi connectivity index (χ4v) is 5.47. The smallest absolute Gasteiger partial charge is 0.251 e. The molecule has 0 radical (unpaired) electrons. The molecule has 1 amide bonds. The number of nitrogens with one attached hydrogen (secondary N) is 1. The number of phenols is 1. The molecule has 1 saturated carbocycles. The van der Waals surface area contributed by atoms with E-state index in [1.807, 2.05) is 10.9 Å². The van der Waals surface area contributed by atoms with Gasteiger partial charge in [-0.1, -0.05) is 12.1 Å². The molecule has 2 aliphatic rings. The number of amides is 1. The van der Waals surface area contributed by atoms with E-state index in [-0.39, 0.29) is 17.5 Å². The van der Waals surface area contributed by atoms with E-state index in [4.69, 9.17) is 9.84 Å². The van der Waals surface area contributed by atoms with E-state index < -0.39 is 23.3 Å². The largest absolute Gasteiger partial charge is 0.503 e. The van der Waals surface area contributed by atoms with Crippen LogP contribution in [0, 0.1) is 17.6 Å². The molecular formula is C28H29F2N5O3. The minimum atomic E-state index is -1.15. The summed E-state index contributed by atoms with van der Waals surface area (Å²) in [5.41, 5.74) is 2.95. The second kappa shape index (κ2) is 10.2. The van der Waals surface area contributed by atoms with Gasteiger partial charge in [0.05, 0.1) is 30.4 Å². The minimum absolute atomic E-state index is 0.144. The molecule has 198 valence electrons. The van der Waals surface area contributed by atoms with Crippen LogP contribution >= 0.6 is 0 Å². The summed E-state index contributed by atoms with van der Waals surface area (Å²) in [7, 11) is 0. The topological polar surface area (TPSA) is 94.2 Å². The standard InChI is InChI=1S/C28H29F2N5O3/c29-24-9-20(10-25(30)27(24)36)28(37)31-12-17-1-5-22(6-2-17)35-14-19-4-3-18(11-26(19)33-35)21-13-32-34(15-21)23-7-8-38-16-23/h3-4,9-11,13-15,17,22-23,36H,1-2,5-8,12,16H2,(H,31,37)/t17-,22-,23?. The van der Waals surface area contributed by atoms with Gasteiger partial charge in [-0.05, 0) is 61.8 Å². The lowest BCUT2D eigenvalue weighted by atomic mass is 9.86. The molecule has 38 heavy (non-hydrogen) atoms. The van der Waals surface area contributed by atoms with Crippen molar-refractivity contribution in [1.29, 1.82) is 0 Å². The lowest BCUT2D eigenvalue weighted by molar-refractivity contribution is 0.0940. The number of nitrogens with zero attached hydrogens (tertiary/aromatic N) is 4. The summed E-state index contributed by atoms with van der Waals surface area (Å²) in [4.78, 5) is 12.3. The predicted octanol–water partition coefficient (Wildman–Crippen LogP) is 5.01. The fraction of sp³-hybridized carbons (Fsp3) is 0.393. The van der Waals surface area contributed by atoms with Crippen molar-refractivity contribution in [3.05, 3.63) is 66.1 Å². The van der Waals surface area contributed by atoms with Crippen molar-refractivity contribution in [2.24, 2.45) is 5.92 Å². The summed E-state index contributed by atoms with van der Waals surface area (Å²) in [6.07, 6.45) is 10.7. The number of halogens is 2. The Balaban J connectivity index is 1.06. The van der Waals surface area contributed by atoms with E-state index >= 15 is 0 Å². The van der Waals surface area contributed by atoms with Crippen LogP contribution < -0.4 is 5.32 Å². The minimum Gasteiger partial charge on any atom is -0.503 e. The fourth-order valence-electron chi connectivity index (χ4n) is 5.47. The lowest BCUT2D eigenvalue weighted by Crippen LogP contribution is -2.31. The highest BCUT2D eigenvalue weighted by Crippen LogP contribution is 2.33. The van der Waals surface area contributed by atoms with E-state index in [9.17, 15) is 18.7 Å². The zero-order chi connectivity index (χ0) is 26.2. The van der Waals surface area contributed by atoms with Gasteiger partial charge in [-0.2, -0.15) is 10.2 Å².